The van der Waals surface area contributed by atoms with E-state index in [0.29, 0.717) is 6.04 Å². The van der Waals surface area contributed by atoms with Crippen molar-refractivity contribution in [2.24, 2.45) is 5.73 Å². The number of fused-ring (bicyclic) bond motifs is 1. The fourth-order valence-corrected chi connectivity index (χ4v) is 5.95. The van der Waals surface area contributed by atoms with Crippen molar-refractivity contribution in [1.82, 2.24) is 4.90 Å². The zero-order chi connectivity index (χ0) is 12.8. The van der Waals surface area contributed by atoms with Crippen LogP contribution < -0.4 is 5.73 Å². The van der Waals surface area contributed by atoms with E-state index in [0.717, 1.165) is 11.8 Å². The number of hydrogen-bond acceptors (Lipinski definition) is 4. The standard InChI is InChI=1S/C14H22N2S2/c1-10-7-14(8-15,9-18-10)16-5-3-13-12(11(16)2)4-6-17-13/h4,6,10-11H,3,5,7-9,15H2,1-2H3. The van der Waals surface area contributed by atoms with E-state index in [1.807, 2.05) is 11.3 Å². The van der Waals surface area contributed by atoms with Crippen molar-refractivity contribution in [3.05, 3.63) is 21.9 Å². The van der Waals surface area contributed by atoms with Gasteiger partial charge in [-0.3, -0.25) is 4.90 Å². The molecule has 3 unspecified atom stereocenters. The summed E-state index contributed by atoms with van der Waals surface area (Å²) in [6, 6.07) is 2.85. The van der Waals surface area contributed by atoms with Gasteiger partial charge in [0.1, 0.15) is 0 Å². The number of rotatable bonds is 2. The molecule has 1 saturated heterocycles. The molecule has 3 heterocycles. The molecule has 3 atom stereocenters. The number of thiophene rings is 1. The highest BCUT2D eigenvalue weighted by Crippen LogP contribution is 2.44. The van der Waals surface area contributed by atoms with E-state index in [2.05, 4.69) is 42.0 Å². The van der Waals surface area contributed by atoms with Crippen LogP contribution in [0.3, 0.4) is 0 Å². The molecule has 1 fully saturated rings. The molecule has 2 aliphatic rings. The molecular formula is C14H22N2S2. The molecule has 4 heteroatoms. The maximum atomic E-state index is 6.17. The maximum Gasteiger partial charge on any atom is 0.0438 e. The van der Waals surface area contributed by atoms with Crippen molar-refractivity contribution < 1.29 is 0 Å². The van der Waals surface area contributed by atoms with Crippen molar-refractivity contribution in [3.8, 4) is 0 Å². The van der Waals surface area contributed by atoms with Crippen molar-refractivity contribution >= 4 is 23.1 Å². The largest absolute Gasteiger partial charge is 0.329 e. The highest BCUT2D eigenvalue weighted by atomic mass is 32.2. The Hall–Kier alpha value is -0.0300. The summed E-state index contributed by atoms with van der Waals surface area (Å²) < 4.78 is 0. The lowest BCUT2D eigenvalue weighted by Crippen LogP contribution is -2.56. The Labute approximate surface area is 118 Å². The summed E-state index contributed by atoms with van der Waals surface area (Å²) in [4.78, 5) is 4.28. The Morgan fingerprint density at radius 1 is 1.50 bits per heavy atom. The maximum absolute atomic E-state index is 6.17. The monoisotopic (exact) mass is 282 g/mol. The fourth-order valence-electron chi connectivity index (χ4n) is 3.57. The van der Waals surface area contributed by atoms with Gasteiger partial charge < -0.3 is 5.73 Å². The van der Waals surface area contributed by atoms with Gasteiger partial charge in [0.05, 0.1) is 0 Å². The van der Waals surface area contributed by atoms with E-state index in [1.165, 1.54) is 25.1 Å². The minimum absolute atomic E-state index is 0.239. The minimum Gasteiger partial charge on any atom is -0.329 e. The zero-order valence-corrected chi connectivity index (χ0v) is 12.8. The zero-order valence-electron chi connectivity index (χ0n) is 11.2. The summed E-state index contributed by atoms with van der Waals surface area (Å²) in [5, 5.41) is 3.00. The molecule has 2 N–H and O–H groups in total. The molecule has 100 valence electrons. The molecule has 1 aromatic rings. The number of thioether (sulfide) groups is 1. The Morgan fingerprint density at radius 3 is 3.00 bits per heavy atom. The summed E-state index contributed by atoms with van der Waals surface area (Å²) in [6.07, 6.45) is 2.45. The van der Waals surface area contributed by atoms with Gasteiger partial charge in [0.2, 0.25) is 0 Å². The Bertz CT molecular complexity index is 431. The highest BCUT2D eigenvalue weighted by molar-refractivity contribution is 8.00. The van der Waals surface area contributed by atoms with Crippen LogP contribution in [0, 0.1) is 0 Å². The third-order valence-electron chi connectivity index (χ3n) is 4.57. The molecule has 0 spiro atoms. The Morgan fingerprint density at radius 2 is 2.33 bits per heavy atom. The predicted octanol–water partition coefficient (Wildman–Crippen LogP) is 2.89. The molecule has 0 saturated carbocycles. The molecule has 18 heavy (non-hydrogen) atoms. The normalized spacial score (nSPS) is 36.8. The third kappa shape index (κ3) is 1.94. The van der Waals surface area contributed by atoms with Crippen LogP contribution in [0.5, 0.6) is 0 Å². The summed E-state index contributed by atoms with van der Waals surface area (Å²) in [6.45, 7) is 6.68. The molecule has 2 nitrogen and oxygen atoms in total. The van der Waals surface area contributed by atoms with Crippen LogP contribution in [0.4, 0.5) is 0 Å². The van der Waals surface area contributed by atoms with Gasteiger partial charge in [-0.1, -0.05) is 6.92 Å². The van der Waals surface area contributed by atoms with Crippen LogP contribution in [0.1, 0.15) is 36.8 Å². The summed E-state index contributed by atoms with van der Waals surface area (Å²) in [5.41, 5.74) is 7.95. The average molecular weight is 282 g/mol. The van der Waals surface area contributed by atoms with Gasteiger partial charge in [-0.2, -0.15) is 11.8 Å². The van der Waals surface area contributed by atoms with Crippen LogP contribution in [0.2, 0.25) is 0 Å². The van der Waals surface area contributed by atoms with E-state index < -0.39 is 0 Å². The quantitative estimate of drug-likeness (QED) is 0.904. The highest BCUT2D eigenvalue weighted by Gasteiger charge is 2.45. The summed E-state index contributed by atoms with van der Waals surface area (Å²) >= 11 is 4.01. The third-order valence-corrected chi connectivity index (χ3v) is 7.01. The van der Waals surface area contributed by atoms with Crippen LogP contribution in [0.25, 0.3) is 0 Å². The predicted molar refractivity (Wildman–Crippen MR) is 81.5 cm³/mol. The van der Waals surface area contributed by atoms with Crippen LogP contribution in [0.15, 0.2) is 11.4 Å². The lowest BCUT2D eigenvalue weighted by atomic mass is 9.88. The smallest absolute Gasteiger partial charge is 0.0438 e. The molecule has 3 rings (SSSR count). The van der Waals surface area contributed by atoms with Crippen molar-refractivity contribution in [3.63, 3.8) is 0 Å². The van der Waals surface area contributed by atoms with Gasteiger partial charge in [0.25, 0.3) is 0 Å². The first-order valence-electron chi connectivity index (χ1n) is 6.81. The van der Waals surface area contributed by atoms with Gasteiger partial charge in [0.15, 0.2) is 0 Å². The van der Waals surface area contributed by atoms with E-state index in [9.17, 15) is 0 Å². The molecule has 0 aliphatic carbocycles. The van der Waals surface area contributed by atoms with Gasteiger partial charge in [0, 0.05) is 40.6 Å². The Balaban J connectivity index is 1.89. The first-order chi connectivity index (χ1) is 8.66. The topological polar surface area (TPSA) is 29.3 Å². The molecule has 0 radical (unpaired) electrons. The molecule has 2 aliphatic heterocycles. The second kappa shape index (κ2) is 4.82. The molecule has 1 aromatic heterocycles. The van der Waals surface area contributed by atoms with Crippen molar-refractivity contribution in [2.45, 2.75) is 43.5 Å². The van der Waals surface area contributed by atoms with E-state index in [4.69, 9.17) is 5.73 Å². The molecule has 0 bridgehead atoms. The van der Waals surface area contributed by atoms with Crippen LogP contribution in [-0.4, -0.2) is 34.5 Å². The lowest BCUT2D eigenvalue weighted by Gasteiger charge is -2.46. The lowest BCUT2D eigenvalue weighted by molar-refractivity contribution is 0.0638. The second-order valence-corrected chi connectivity index (χ2v) is 8.10. The SMILES string of the molecule is CC1CC(CN)(N2CCc3sccc3C2C)CS1. The second-order valence-electron chi connectivity index (χ2n) is 5.67. The fraction of sp³-hybridized carbons (Fsp3) is 0.714. The van der Waals surface area contributed by atoms with Gasteiger partial charge in [-0.05, 0) is 36.8 Å². The van der Waals surface area contributed by atoms with Crippen molar-refractivity contribution in [2.75, 3.05) is 18.8 Å². The molecule has 0 aromatic carbocycles. The van der Waals surface area contributed by atoms with E-state index >= 15 is 0 Å². The molecular weight excluding hydrogens is 260 g/mol. The summed E-state index contributed by atoms with van der Waals surface area (Å²) in [7, 11) is 0. The average Bonchev–Trinajstić information content (AvgIpc) is 2.97. The first kappa shape index (κ1) is 13.0. The first-order valence-corrected chi connectivity index (χ1v) is 8.74. The summed E-state index contributed by atoms with van der Waals surface area (Å²) in [5.74, 6) is 1.20. The molecule has 0 amide bonds. The van der Waals surface area contributed by atoms with Crippen LogP contribution in [-0.2, 0) is 6.42 Å². The van der Waals surface area contributed by atoms with Crippen molar-refractivity contribution in [1.29, 1.82) is 0 Å². The van der Waals surface area contributed by atoms with Crippen LogP contribution >= 0.6 is 23.1 Å². The van der Waals surface area contributed by atoms with Gasteiger partial charge >= 0.3 is 0 Å². The van der Waals surface area contributed by atoms with E-state index in [1.54, 1.807) is 10.4 Å². The van der Waals surface area contributed by atoms with E-state index in [-0.39, 0.29) is 5.54 Å². The Kier molecular flexibility index (Phi) is 3.47. The number of nitrogens with zero attached hydrogens (tertiary/aromatic N) is 1. The minimum atomic E-state index is 0.239. The van der Waals surface area contributed by atoms with Gasteiger partial charge in [-0.15, -0.1) is 11.3 Å². The number of nitrogens with two attached hydrogens (primary N) is 1. The number of hydrogen-bond donors (Lipinski definition) is 1. The van der Waals surface area contributed by atoms with Gasteiger partial charge in [-0.25, -0.2) is 0 Å².